The van der Waals surface area contributed by atoms with Gasteiger partial charge in [-0.2, -0.15) is 13.2 Å². The SMILES string of the molecule is C[C@@H]1CN(c2cc(F)c(-c3ccc(N4CCN(C(=O)CCC(=O)NCCOCCNc5cccc6c5C(=O)N(C5CCC(=O)NC5=O)C6=O)CC4)nc3)cc2NC(=O)c2c[nH]c(=O)cc2C(F)(F)F)C[C@H](C)N1C. The lowest BCUT2D eigenvalue weighted by Gasteiger charge is -2.44. The summed E-state index contributed by atoms with van der Waals surface area (Å²) >= 11 is 0. The number of piperazine rings is 2. The van der Waals surface area contributed by atoms with Crippen molar-refractivity contribution in [2.75, 3.05) is 93.1 Å². The minimum absolute atomic E-state index is 0.0118. The minimum atomic E-state index is -5.00. The summed E-state index contributed by atoms with van der Waals surface area (Å²) in [6.07, 6.45) is -2.85. The van der Waals surface area contributed by atoms with E-state index in [0.717, 1.165) is 4.90 Å². The van der Waals surface area contributed by atoms with E-state index in [1.54, 1.807) is 29.2 Å². The van der Waals surface area contributed by atoms with Crippen LogP contribution in [-0.4, -0.2) is 157 Å². The number of ether oxygens (including phenoxy) is 1. The molecule has 5 N–H and O–H groups in total. The fourth-order valence-corrected chi connectivity index (χ4v) is 9.50. The summed E-state index contributed by atoms with van der Waals surface area (Å²) in [5.74, 6) is -4.18. The molecule has 24 heteroatoms. The molecule has 74 heavy (non-hydrogen) atoms. The van der Waals surface area contributed by atoms with Gasteiger partial charge in [-0.05, 0) is 63.7 Å². The first-order valence-corrected chi connectivity index (χ1v) is 24.1. The van der Waals surface area contributed by atoms with Crippen LogP contribution in [0.1, 0.15) is 76.2 Å². The number of likely N-dealkylation sites (N-methyl/N-ethyl adjacent to an activating group) is 1. The van der Waals surface area contributed by atoms with Crippen molar-refractivity contribution in [3.63, 3.8) is 0 Å². The van der Waals surface area contributed by atoms with E-state index in [9.17, 15) is 51.5 Å². The van der Waals surface area contributed by atoms with Crippen molar-refractivity contribution in [2.24, 2.45) is 0 Å². The van der Waals surface area contributed by atoms with Crippen LogP contribution in [-0.2, 0) is 30.1 Å². The smallest absolute Gasteiger partial charge is 0.382 e. The van der Waals surface area contributed by atoms with E-state index in [4.69, 9.17) is 4.74 Å². The lowest BCUT2D eigenvalue weighted by atomic mass is 10.0. The Labute approximate surface area is 421 Å². The van der Waals surface area contributed by atoms with Gasteiger partial charge in [-0.1, -0.05) is 6.07 Å². The van der Waals surface area contributed by atoms with Gasteiger partial charge in [-0.25, -0.2) is 9.37 Å². The zero-order valence-electron chi connectivity index (χ0n) is 40.8. The average molecular weight is 1030 g/mol. The molecule has 4 aliphatic heterocycles. The molecule has 4 aliphatic rings. The van der Waals surface area contributed by atoms with Crippen LogP contribution >= 0.6 is 0 Å². The number of pyridine rings is 2. The summed E-state index contributed by atoms with van der Waals surface area (Å²) in [5.41, 5.74) is -1.90. The van der Waals surface area contributed by atoms with Crippen molar-refractivity contribution >= 4 is 64.2 Å². The summed E-state index contributed by atoms with van der Waals surface area (Å²) in [6.45, 7) is 7.19. The first kappa shape index (κ1) is 52.6. The molecule has 4 aromatic rings. The Morgan fingerprint density at radius 2 is 1.58 bits per heavy atom. The summed E-state index contributed by atoms with van der Waals surface area (Å²) in [6, 6.07) is 9.94. The standard InChI is InChI=1S/C50H55F4N11O9/c1-28-26-64(27-29(2)61(28)3)39-23-35(51)32(21-37(39)59-46(70)33-25-58-43(68)22-34(33)50(52,53)54)30-7-9-40(57-24-30)62-15-17-63(18-16-62)44(69)12-11-41(66)56-14-20-74-19-13-55-36-6-4-5-31-45(36)49(73)65(48(31)72)38-8-10-42(67)60-47(38)71/h4-7,9,21-25,28-29,38,55H,8,10-20,26-27H2,1-3H3,(H,56,66)(H,58,68)(H,59,70)(H,60,67,71)/t28-,29+,38?. The number of aromatic nitrogens is 2. The van der Waals surface area contributed by atoms with E-state index >= 15 is 4.39 Å². The number of nitrogens with zero attached hydrogens (tertiary/aromatic N) is 6. The van der Waals surface area contributed by atoms with E-state index in [1.165, 1.54) is 24.4 Å². The Hall–Kier alpha value is -7.73. The van der Waals surface area contributed by atoms with E-state index in [2.05, 4.69) is 36.1 Å². The average Bonchev–Trinajstić information content (AvgIpc) is 3.63. The third-order valence-corrected chi connectivity index (χ3v) is 13.7. The summed E-state index contributed by atoms with van der Waals surface area (Å²) in [7, 11) is 1.96. The summed E-state index contributed by atoms with van der Waals surface area (Å²) < 4.78 is 63.6. The van der Waals surface area contributed by atoms with Crippen molar-refractivity contribution in [2.45, 2.75) is 63.8 Å². The van der Waals surface area contributed by atoms with Crippen LogP contribution in [0.4, 0.5) is 40.4 Å². The highest BCUT2D eigenvalue weighted by atomic mass is 19.4. The molecule has 7 amide bonds. The molecule has 0 radical (unpaired) electrons. The maximum absolute atomic E-state index is 16.2. The summed E-state index contributed by atoms with van der Waals surface area (Å²) in [5, 5.41) is 10.5. The van der Waals surface area contributed by atoms with Crippen molar-refractivity contribution in [3.8, 4) is 11.1 Å². The molecule has 0 saturated carbocycles. The molecule has 0 spiro atoms. The topological polar surface area (TPSA) is 239 Å². The Morgan fingerprint density at radius 3 is 2.27 bits per heavy atom. The largest absolute Gasteiger partial charge is 0.417 e. The molecular weight excluding hydrogens is 975 g/mol. The van der Waals surface area contributed by atoms with Gasteiger partial charge in [0.05, 0.1) is 46.8 Å². The third kappa shape index (κ3) is 11.5. The number of piperidine rings is 1. The van der Waals surface area contributed by atoms with Crippen LogP contribution in [0, 0.1) is 5.82 Å². The van der Waals surface area contributed by atoms with Crippen molar-refractivity contribution in [1.29, 1.82) is 0 Å². The predicted octanol–water partition coefficient (Wildman–Crippen LogP) is 3.45. The van der Waals surface area contributed by atoms with E-state index in [1.807, 2.05) is 30.7 Å². The number of benzene rings is 2. The second-order valence-corrected chi connectivity index (χ2v) is 18.5. The summed E-state index contributed by atoms with van der Waals surface area (Å²) in [4.78, 5) is 117. The van der Waals surface area contributed by atoms with Gasteiger partial charge in [-0.15, -0.1) is 0 Å². The number of halogens is 4. The molecule has 0 bridgehead atoms. The van der Waals surface area contributed by atoms with Gasteiger partial charge in [-0.3, -0.25) is 53.5 Å². The van der Waals surface area contributed by atoms with Crippen LogP contribution in [0.15, 0.2) is 65.7 Å². The molecule has 3 fully saturated rings. The predicted molar refractivity (Wildman–Crippen MR) is 262 cm³/mol. The van der Waals surface area contributed by atoms with Crippen molar-refractivity contribution in [3.05, 3.63) is 99.3 Å². The van der Waals surface area contributed by atoms with Crippen LogP contribution in [0.5, 0.6) is 0 Å². The molecule has 6 heterocycles. The van der Waals surface area contributed by atoms with Gasteiger partial charge in [0.2, 0.25) is 29.2 Å². The fourth-order valence-electron chi connectivity index (χ4n) is 9.50. The Kier molecular flexibility index (Phi) is 15.8. The Balaban J connectivity index is 0.790. The number of alkyl halides is 3. The minimum Gasteiger partial charge on any atom is -0.382 e. The molecule has 3 atom stereocenters. The number of nitrogens with one attached hydrogen (secondary N) is 5. The number of aromatic amines is 1. The number of carbonyl (C=O) groups is 7. The molecule has 2 aromatic heterocycles. The first-order valence-electron chi connectivity index (χ1n) is 24.1. The van der Waals surface area contributed by atoms with Gasteiger partial charge < -0.3 is 40.4 Å². The quantitative estimate of drug-likeness (QED) is 0.0615. The number of fused-ring (bicyclic) bond motifs is 1. The van der Waals surface area contributed by atoms with Crippen LogP contribution in [0.25, 0.3) is 11.1 Å². The highest BCUT2D eigenvalue weighted by Gasteiger charge is 2.46. The molecular formula is C50H55F4N11O9. The van der Waals surface area contributed by atoms with Gasteiger partial charge in [0.15, 0.2) is 0 Å². The van der Waals surface area contributed by atoms with Crippen molar-refractivity contribution < 1.29 is 55.9 Å². The third-order valence-electron chi connectivity index (χ3n) is 13.7. The number of carbonyl (C=O) groups excluding carboxylic acids is 7. The second-order valence-electron chi connectivity index (χ2n) is 18.5. The molecule has 1 unspecified atom stereocenters. The number of hydrogen-bond acceptors (Lipinski definition) is 14. The Bertz CT molecular complexity index is 2900. The second kappa shape index (κ2) is 22.2. The Morgan fingerprint density at radius 1 is 0.851 bits per heavy atom. The highest BCUT2D eigenvalue weighted by molar-refractivity contribution is 6.25. The van der Waals surface area contributed by atoms with Crippen LogP contribution in [0.2, 0.25) is 0 Å². The number of anilines is 4. The number of amides is 7. The maximum atomic E-state index is 16.2. The zero-order chi connectivity index (χ0) is 53.0. The van der Waals surface area contributed by atoms with Crippen LogP contribution < -0.4 is 36.6 Å². The van der Waals surface area contributed by atoms with Crippen LogP contribution in [0.3, 0.4) is 0 Å². The number of H-pyrrole nitrogens is 1. The molecule has 392 valence electrons. The maximum Gasteiger partial charge on any atom is 0.417 e. The zero-order valence-corrected chi connectivity index (χ0v) is 40.8. The van der Waals surface area contributed by atoms with Gasteiger partial charge in [0.25, 0.3) is 17.7 Å². The fraction of sp³-hybridized carbons (Fsp3) is 0.420. The monoisotopic (exact) mass is 1030 g/mol. The number of hydrogen-bond donors (Lipinski definition) is 5. The lowest BCUT2D eigenvalue weighted by molar-refractivity contribution is -0.138. The number of imide groups is 2. The molecule has 0 aliphatic carbocycles. The van der Waals surface area contributed by atoms with E-state index in [-0.39, 0.29) is 104 Å². The van der Waals surface area contributed by atoms with Crippen molar-refractivity contribution in [1.82, 2.24) is 35.3 Å². The number of rotatable bonds is 16. The highest BCUT2D eigenvalue weighted by Crippen LogP contribution is 2.38. The van der Waals surface area contributed by atoms with E-state index < -0.39 is 64.3 Å². The molecule has 20 nitrogen and oxygen atoms in total. The first-order chi connectivity index (χ1) is 35.3. The molecule has 3 saturated heterocycles. The van der Waals surface area contributed by atoms with Gasteiger partial charge in [0, 0.05) is 119 Å². The van der Waals surface area contributed by atoms with E-state index in [0.29, 0.717) is 68.6 Å². The normalized spacial score (nSPS) is 19.4. The molecule has 8 rings (SSSR count). The molecule has 2 aromatic carbocycles. The van der Waals surface area contributed by atoms with Gasteiger partial charge >= 0.3 is 6.18 Å². The van der Waals surface area contributed by atoms with Gasteiger partial charge in [0.1, 0.15) is 17.7 Å². The lowest BCUT2D eigenvalue weighted by Crippen LogP contribution is -2.55.